The molecule has 2 heterocycles. The third-order valence-corrected chi connectivity index (χ3v) is 4.16. The lowest BCUT2D eigenvalue weighted by atomic mass is 9.89. The van der Waals surface area contributed by atoms with Crippen LogP contribution in [0.5, 0.6) is 0 Å². The van der Waals surface area contributed by atoms with E-state index in [0.29, 0.717) is 36.5 Å². The van der Waals surface area contributed by atoms with Crippen LogP contribution in [0.3, 0.4) is 0 Å². The molecule has 0 saturated carbocycles. The molecule has 21 heavy (non-hydrogen) atoms. The van der Waals surface area contributed by atoms with Gasteiger partial charge in [0.25, 0.3) is 0 Å². The molecule has 0 aliphatic carbocycles. The monoisotopic (exact) mass is 294 g/mol. The summed E-state index contributed by atoms with van der Waals surface area (Å²) >= 11 is 0. The van der Waals surface area contributed by atoms with Crippen molar-refractivity contribution < 1.29 is 9.32 Å². The Labute approximate surface area is 126 Å². The van der Waals surface area contributed by atoms with Gasteiger partial charge in [0.1, 0.15) is 0 Å². The second-order valence-corrected chi connectivity index (χ2v) is 6.88. The van der Waals surface area contributed by atoms with E-state index in [2.05, 4.69) is 24.0 Å². The lowest BCUT2D eigenvalue weighted by Crippen LogP contribution is -2.31. The van der Waals surface area contributed by atoms with Gasteiger partial charge >= 0.3 is 0 Å². The number of hydrogen-bond donors (Lipinski definition) is 1. The molecule has 1 aromatic rings. The first-order chi connectivity index (χ1) is 9.77. The molecule has 1 unspecified atom stereocenters. The normalized spacial score (nSPS) is 21.0. The Balaban J connectivity index is 2.02. The Morgan fingerprint density at radius 3 is 2.71 bits per heavy atom. The maximum atomic E-state index is 12.2. The highest BCUT2D eigenvalue weighted by molar-refractivity contribution is 5.76. The number of likely N-dealkylation sites (tertiary alicyclic amines) is 1. The van der Waals surface area contributed by atoms with Crippen LogP contribution in [0, 0.1) is 11.8 Å². The molecule has 0 aromatic carbocycles. The summed E-state index contributed by atoms with van der Waals surface area (Å²) in [7, 11) is 0. The van der Waals surface area contributed by atoms with Crippen molar-refractivity contribution in [1.82, 2.24) is 15.0 Å². The number of carbonyl (C=O) groups excluding carboxylic acids is 1. The Hall–Kier alpha value is -1.43. The maximum absolute atomic E-state index is 12.2. The number of aromatic nitrogens is 2. The first-order valence-electron chi connectivity index (χ1n) is 7.67. The van der Waals surface area contributed by atoms with E-state index >= 15 is 0 Å². The van der Waals surface area contributed by atoms with Crippen LogP contribution in [0.2, 0.25) is 0 Å². The molecule has 1 saturated heterocycles. The predicted molar refractivity (Wildman–Crippen MR) is 79.1 cm³/mol. The highest BCUT2D eigenvalue weighted by Gasteiger charge is 2.27. The molecule has 2 rings (SSSR count). The van der Waals surface area contributed by atoms with Crippen LogP contribution in [0.1, 0.15) is 58.7 Å². The topological polar surface area (TPSA) is 85.2 Å². The van der Waals surface area contributed by atoms with E-state index in [9.17, 15) is 4.79 Å². The summed E-state index contributed by atoms with van der Waals surface area (Å²) in [6.07, 6.45) is 2.61. The average Bonchev–Trinajstić information content (AvgIpc) is 2.77. The molecule has 1 amide bonds. The summed E-state index contributed by atoms with van der Waals surface area (Å²) in [5.74, 6) is 2.33. The Morgan fingerprint density at radius 1 is 1.43 bits per heavy atom. The van der Waals surface area contributed by atoms with Gasteiger partial charge in [0.15, 0.2) is 5.82 Å². The van der Waals surface area contributed by atoms with Crippen molar-refractivity contribution in [2.75, 3.05) is 6.54 Å². The Morgan fingerprint density at radius 2 is 2.14 bits per heavy atom. The van der Waals surface area contributed by atoms with E-state index < -0.39 is 5.54 Å². The second kappa shape index (κ2) is 6.13. The molecular weight excluding hydrogens is 268 g/mol. The third-order valence-electron chi connectivity index (χ3n) is 4.16. The number of hydrogen-bond acceptors (Lipinski definition) is 5. The van der Waals surface area contributed by atoms with Gasteiger partial charge in [-0.1, -0.05) is 19.0 Å². The van der Waals surface area contributed by atoms with E-state index in [0.717, 1.165) is 19.4 Å². The molecule has 0 bridgehead atoms. The van der Waals surface area contributed by atoms with Crippen molar-refractivity contribution in [2.45, 2.75) is 59.0 Å². The number of nitrogens with two attached hydrogens (primary N) is 1. The van der Waals surface area contributed by atoms with Crippen LogP contribution < -0.4 is 5.73 Å². The van der Waals surface area contributed by atoms with Crippen molar-refractivity contribution in [3.63, 3.8) is 0 Å². The number of amides is 1. The zero-order valence-corrected chi connectivity index (χ0v) is 13.4. The molecular formula is C15H26N4O2. The Kier molecular flexibility index (Phi) is 4.66. The SMILES string of the molecule is CC(C)C1CCC(=O)N(Cc2nc(C(C)(C)N)no2)CC1. The van der Waals surface area contributed by atoms with Crippen LogP contribution in [-0.4, -0.2) is 27.5 Å². The van der Waals surface area contributed by atoms with Crippen molar-refractivity contribution in [1.29, 1.82) is 0 Å². The van der Waals surface area contributed by atoms with Gasteiger partial charge in [0, 0.05) is 13.0 Å². The predicted octanol–water partition coefficient (Wildman–Crippen LogP) is 2.05. The summed E-state index contributed by atoms with van der Waals surface area (Å²) in [6, 6.07) is 0. The average molecular weight is 294 g/mol. The molecule has 2 N–H and O–H groups in total. The van der Waals surface area contributed by atoms with E-state index in [1.54, 1.807) is 0 Å². The molecule has 1 aliphatic rings. The first kappa shape index (κ1) is 15.9. The lowest BCUT2D eigenvalue weighted by Gasteiger charge is -2.20. The van der Waals surface area contributed by atoms with Crippen molar-refractivity contribution >= 4 is 5.91 Å². The number of nitrogens with zero attached hydrogens (tertiary/aromatic N) is 3. The van der Waals surface area contributed by atoms with Crippen LogP contribution in [0.4, 0.5) is 0 Å². The molecule has 0 radical (unpaired) electrons. The fourth-order valence-electron chi connectivity index (χ4n) is 2.64. The fourth-order valence-corrected chi connectivity index (χ4v) is 2.64. The summed E-state index contributed by atoms with van der Waals surface area (Å²) < 4.78 is 5.22. The minimum absolute atomic E-state index is 0.171. The van der Waals surface area contributed by atoms with E-state index in [-0.39, 0.29) is 5.91 Å². The minimum atomic E-state index is -0.632. The van der Waals surface area contributed by atoms with E-state index in [1.165, 1.54) is 0 Å². The minimum Gasteiger partial charge on any atom is -0.337 e. The molecule has 1 atom stereocenters. The van der Waals surface area contributed by atoms with Crippen molar-refractivity contribution in [3.05, 3.63) is 11.7 Å². The van der Waals surface area contributed by atoms with Crippen LogP contribution in [-0.2, 0) is 16.9 Å². The summed E-state index contributed by atoms with van der Waals surface area (Å²) in [4.78, 5) is 18.3. The van der Waals surface area contributed by atoms with Gasteiger partial charge in [0.2, 0.25) is 11.8 Å². The molecule has 1 aromatic heterocycles. The second-order valence-electron chi connectivity index (χ2n) is 6.88. The molecule has 0 spiro atoms. The van der Waals surface area contributed by atoms with Gasteiger partial charge in [-0.05, 0) is 38.5 Å². The van der Waals surface area contributed by atoms with Gasteiger partial charge in [0.05, 0.1) is 12.1 Å². The molecule has 1 fully saturated rings. The number of rotatable bonds is 4. The first-order valence-corrected chi connectivity index (χ1v) is 7.67. The molecule has 6 nitrogen and oxygen atoms in total. The quantitative estimate of drug-likeness (QED) is 0.918. The lowest BCUT2D eigenvalue weighted by molar-refractivity contribution is -0.131. The summed E-state index contributed by atoms with van der Waals surface area (Å²) in [5, 5.41) is 3.90. The van der Waals surface area contributed by atoms with Gasteiger partial charge in [-0.15, -0.1) is 0 Å². The van der Waals surface area contributed by atoms with Crippen LogP contribution in [0.25, 0.3) is 0 Å². The Bertz CT molecular complexity index is 490. The van der Waals surface area contributed by atoms with E-state index in [1.807, 2.05) is 18.7 Å². The van der Waals surface area contributed by atoms with Gasteiger partial charge < -0.3 is 15.2 Å². The largest absolute Gasteiger partial charge is 0.337 e. The molecule has 6 heteroatoms. The maximum Gasteiger partial charge on any atom is 0.246 e. The summed E-state index contributed by atoms with van der Waals surface area (Å²) in [6.45, 7) is 9.23. The van der Waals surface area contributed by atoms with Crippen LogP contribution in [0.15, 0.2) is 4.52 Å². The zero-order valence-electron chi connectivity index (χ0n) is 13.4. The summed E-state index contributed by atoms with van der Waals surface area (Å²) in [5.41, 5.74) is 5.31. The fraction of sp³-hybridized carbons (Fsp3) is 0.800. The van der Waals surface area contributed by atoms with Gasteiger partial charge in [-0.3, -0.25) is 4.79 Å². The highest BCUT2D eigenvalue weighted by atomic mass is 16.5. The van der Waals surface area contributed by atoms with Crippen LogP contribution >= 0.6 is 0 Å². The molecule has 118 valence electrons. The van der Waals surface area contributed by atoms with E-state index in [4.69, 9.17) is 10.3 Å². The zero-order chi connectivity index (χ0) is 15.6. The van der Waals surface area contributed by atoms with Crippen molar-refractivity contribution in [2.24, 2.45) is 17.6 Å². The standard InChI is InChI=1S/C15H26N4O2/c1-10(2)11-5-6-13(20)19(8-7-11)9-12-17-14(18-21-12)15(3,4)16/h10-11H,5-9,16H2,1-4H3. The smallest absolute Gasteiger partial charge is 0.246 e. The number of carbonyl (C=O) groups is 1. The van der Waals surface area contributed by atoms with Gasteiger partial charge in [-0.2, -0.15) is 4.98 Å². The van der Waals surface area contributed by atoms with Crippen molar-refractivity contribution in [3.8, 4) is 0 Å². The highest BCUT2D eigenvalue weighted by Crippen LogP contribution is 2.26. The third kappa shape index (κ3) is 4.03. The van der Waals surface area contributed by atoms with Gasteiger partial charge in [-0.25, -0.2) is 0 Å². The molecule has 1 aliphatic heterocycles.